The van der Waals surface area contributed by atoms with Crippen molar-refractivity contribution in [3.05, 3.63) is 29.8 Å². The van der Waals surface area contributed by atoms with Gasteiger partial charge in [0.1, 0.15) is 0 Å². The molecule has 1 atom stereocenters. The number of hydrogen-bond donors (Lipinski definition) is 2. The molecule has 0 radical (unpaired) electrons. The smallest absolute Gasteiger partial charge is 0.251 e. The minimum absolute atomic E-state index is 0.0139. The number of likely N-dealkylation sites (N-methyl/N-ethyl adjacent to an activating group) is 1. The number of nitrogens with one attached hydrogen (secondary N) is 1. The van der Waals surface area contributed by atoms with Gasteiger partial charge >= 0.3 is 0 Å². The van der Waals surface area contributed by atoms with Gasteiger partial charge in [0.2, 0.25) is 0 Å². The average Bonchev–Trinajstić information content (AvgIpc) is 2.77. The zero-order chi connectivity index (χ0) is 12.3. The van der Waals surface area contributed by atoms with Crippen LogP contribution in [0.3, 0.4) is 0 Å². The van der Waals surface area contributed by atoms with E-state index in [1.54, 1.807) is 30.5 Å². The van der Waals surface area contributed by atoms with Crippen molar-refractivity contribution >= 4 is 17.8 Å². The Bertz CT molecular complexity index is 427. The molecule has 5 nitrogen and oxygen atoms in total. The number of nitrogen functional groups attached to an aromatic ring is 1. The lowest BCUT2D eigenvalue weighted by Crippen LogP contribution is -2.39. The van der Waals surface area contributed by atoms with Gasteiger partial charge in [0.05, 0.1) is 12.6 Å². The molecule has 0 saturated carbocycles. The fourth-order valence-corrected chi connectivity index (χ4v) is 1.68. The summed E-state index contributed by atoms with van der Waals surface area (Å²) in [6.07, 6.45) is 1.76. The first kappa shape index (κ1) is 11.4. The number of rotatable bonds is 3. The van der Waals surface area contributed by atoms with Crippen molar-refractivity contribution in [2.24, 2.45) is 5.10 Å². The predicted molar refractivity (Wildman–Crippen MR) is 67.8 cm³/mol. The Hall–Kier alpha value is -2.04. The number of carbonyl (C=O) groups is 1. The number of nitrogens with two attached hydrogens (primary N) is 1. The maximum absolute atomic E-state index is 11.9. The molecule has 2 rings (SSSR count). The molecule has 0 bridgehead atoms. The Balaban J connectivity index is 1.94. The van der Waals surface area contributed by atoms with Crippen LogP contribution < -0.4 is 11.1 Å². The fraction of sp³-hybridized carbons (Fsp3) is 0.333. The van der Waals surface area contributed by atoms with Crippen molar-refractivity contribution in [3.8, 4) is 0 Å². The van der Waals surface area contributed by atoms with E-state index >= 15 is 0 Å². The molecule has 1 aliphatic rings. The maximum atomic E-state index is 11.9. The minimum atomic E-state index is -0.0978. The van der Waals surface area contributed by atoms with E-state index in [1.165, 1.54) is 0 Å². The third-order valence-electron chi connectivity index (χ3n) is 2.67. The molecule has 1 aromatic carbocycles. The van der Waals surface area contributed by atoms with Crippen LogP contribution in [0.4, 0.5) is 5.69 Å². The van der Waals surface area contributed by atoms with Crippen LogP contribution in [-0.4, -0.2) is 36.3 Å². The van der Waals surface area contributed by atoms with Gasteiger partial charge in [-0.25, -0.2) is 0 Å². The summed E-state index contributed by atoms with van der Waals surface area (Å²) in [7, 11) is 0. The Morgan fingerprint density at radius 1 is 1.53 bits per heavy atom. The van der Waals surface area contributed by atoms with E-state index in [1.807, 2.05) is 11.9 Å². The van der Waals surface area contributed by atoms with E-state index in [0.717, 1.165) is 13.1 Å². The van der Waals surface area contributed by atoms with Crippen molar-refractivity contribution in [2.45, 2.75) is 13.0 Å². The largest absolute Gasteiger partial charge is 0.399 e. The summed E-state index contributed by atoms with van der Waals surface area (Å²) in [6.45, 7) is 3.61. The summed E-state index contributed by atoms with van der Waals surface area (Å²) in [4.78, 5) is 11.9. The fourth-order valence-electron chi connectivity index (χ4n) is 1.68. The summed E-state index contributed by atoms with van der Waals surface area (Å²) >= 11 is 0. The van der Waals surface area contributed by atoms with Gasteiger partial charge in [-0.1, -0.05) is 0 Å². The Morgan fingerprint density at radius 3 is 2.82 bits per heavy atom. The highest BCUT2D eigenvalue weighted by Crippen LogP contribution is 2.06. The predicted octanol–water partition coefficient (Wildman–Crippen LogP) is 0.688. The number of hydrogen-bond acceptors (Lipinski definition) is 4. The van der Waals surface area contributed by atoms with E-state index < -0.39 is 0 Å². The molecule has 0 aliphatic carbocycles. The third kappa shape index (κ3) is 2.75. The number of hydrazone groups is 1. The highest BCUT2D eigenvalue weighted by atomic mass is 16.1. The van der Waals surface area contributed by atoms with Gasteiger partial charge in [0, 0.05) is 24.0 Å². The summed E-state index contributed by atoms with van der Waals surface area (Å²) in [6, 6.07) is 6.86. The third-order valence-corrected chi connectivity index (χ3v) is 2.67. The monoisotopic (exact) mass is 232 g/mol. The molecule has 3 N–H and O–H groups in total. The number of nitrogens with zero attached hydrogens (tertiary/aromatic N) is 2. The molecule has 1 heterocycles. The maximum Gasteiger partial charge on any atom is 0.251 e. The van der Waals surface area contributed by atoms with Crippen LogP contribution in [-0.2, 0) is 0 Å². The van der Waals surface area contributed by atoms with E-state index in [0.29, 0.717) is 11.3 Å². The van der Waals surface area contributed by atoms with Crippen LogP contribution in [0.5, 0.6) is 0 Å². The molecule has 1 unspecified atom stereocenters. The second-order valence-electron chi connectivity index (χ2n) is 3.97. The summed E-state index contributed by atoms with van der Waals surface area (Å²) < 4.78 is 0. The minimum Gasteiger partial charge on any atom is -0.399 e. The van der Waals surface area contributed by atoms with Gasteiger partial charge in [-0.2, -0.15) is 5.10 Å². The number of anilines is 1. The van der Waals surface area contributed by atoms with Crippen molar-refractivity contribution in [1.82, 2.24) is 10.3 Å². The number of benzene rings is 1. The lowest BCUT2D eigenvalue weighted by atomic mass is 10.2. The van der Waals surface area contributed by atoms with Gasteiger partial charge < -0.3 is 11.1 Å². The molecule has 90 valence electrons. The molecule has 1 amide bonds. The standard InChI is InChI=1S/C12H16N4O/c1-2-16-8-11(7-14-16)15-12(17)9-3-5-10(13)6-4-9/h3-7,11H,2,8,13H2,1H3,(H,15,17). The molecule has 1 aromatic rings. The molecule has 0 aromatic heterocycles. The molecular weight excluding hydrogens is 216 g/mol. The van der Waals surface area contributed by atoms with Crippen molar-refractivity contribution in [2.75, 3.05) is 18.8 Å². The van der Waals surface area contributed by atoms with Crippen LogP contribution in [0, 0.1) is 0 Å². The first-order valence-electron chi connectivity index (χ1n) is 5.64. The molecule has 0 spiro atoms. The van der Waals surface area contributed by atoms with Gasteiger partial charge in [-0.05, 0) is 31.2 Å². The molecule has 1 aliphatic heterocycles. The van der Waals surface area contributed by atoms with E-state index in [9.17, 15) is 4.79 Å². The number of amides is 1. The summed E-state index contributed by atoms with van der Waals surface area (Å²) in [5.74, 6) is -0.0978. The second-order valence-corrected chi connectivity index (χ2v) is 3.97. The van der Waals surface area contributed by atoms with E-state index in [-0.39, 0.29) is 11.9 Å². The summed E-state index contributed by atoms with van der Waals surface area (Å²) in [5.41, 5.74) is 6.83. The highest BCUT2D eigenvalue weighted by molar-refractivity contribution is 5.96. The zero-order valence-electron chi connectivity index (χ0n) is 9.76. The van der Waals surface area contributed by atoms with Crippen molar-refractivity contribution in [3.63, 3.8) is 0 Å². The first-order valence-corrected chi connectivity index (χ1v) is 5.64. The van der Waals surface area contributed by atoms with Crippen LogP contribution in [0.2, 0.25) is 0 Å². The quantitative estimate of drug-likeness (QED) is 0.753. The van der Waals surface area contributed by atoms with Gasteiger partial charge in [0.15, 0.2) is 0 Å². The van der Waals surface area contributed by atoms with Crippen molar-refractivity contribution in [1.29, 1.82) is 0 Å². The van der Waals surface area contributed by atoms with Crippen LogP contribution >= 0.6 is 0 Å². The lowest BCUT2D eigenvalue weighted by molar-refractivity contribution is 0.0944. The highest BCUT2D eigenvalue weighted by Gasteiger charge is 2.18. The van der Waals surface area contributed by atoms with Gasteiger partial charge in [-0.15, -0.1) is 0 Å². The number of carbonyl (C=O) groups excluding carboxylic acids is 1. The zero-order valence-corrected chi connectivity index (χ0v) is 9.76. The van der Waals surface area contributed by atoms with E-state index in [2.05, 4.69) is 10.4 Å². The van der Waals surface area contributed by atoms with Crippen molar-refractivity contribution < 1.29 is 4.79 Å². The Labute approximate surface area is 100 Å². The molecule has 17 heavy (non-hydrogen) atoms. The second kappa shape index (κ2) is 4.86. The first-order chi connectivity index (χ1) is 8.19. The van der Waals surface area contributed by atoms with Gasteiger partial charge in [0.25, 0.3) is 5.91 Å². The molecule has 0 saturated heterocycles. The van der Waals surface area contributed by atoms with Crippen LogP contribution in [0.15, 0.2) is 29.4 Å². The molecule has 5 heteroatoms. The Kier molecular flexibility index (Phi) is 3.27. The Morgan fingerprint density at radius 2 is 2.24 bits per heavy atom. The molecular formula is C12H16N4O. The van der Waals surface area contributed by atoms with Gasteiger partial charge in [-0.3, -0.25) is 9.80 Å². The topological polar surface area (TPSA) is 70.7 Å². The normalized spacial score (nSPS) is 18.4. The van der Waals surface area contributed by atoms with E-state index in [4.69, 9.17) is 5.73 Å². The SMILES string of the molecule is CCN1CC(NC(=O)c2ccc(N)cc2)C=N1. The lowest BCUT2D eigenvalue weighted by Gasteiger charge is -2.14. The van der Waals surface area contributed by atoms with Crippen LogP contribution in [0.25, 0.3) is 0 Å². The summed E-state index contributed by atoms with van der Waals surface area (Å²) in [5, 5.41) is 8.99. The van der Waals surface area contributed by atoms with Crippen LogP contribution in [0.1, 0.15) is 17.3 Å². The molecule has 0 fully saturated rings. The average molecular weight is 232 g/mol.